The van der Waals surface area contributed by atoms with E-state index in [2.05, 4.69) is 157 Å². The monoisotopic (exact) mass is 824 g/mol. The van der Waals surface area contributed by atoms with Crippen LogP contribution in [0.3, 0.4) is 0 Å². The fourth-order valence-corrected chi connectivity index (χ4v) is 8.94. The first-order chi connectivity index (χ1) is 31.4. The van der Waals surface area contributed by atoms with Gasteiger partial charge >= 0.3 is 0 Å². The van der Waals surface area contributed by atoms with Crippen LogP contribution in [0.25, 0.3) is 83.9 Å². The second kappa shape index (κ2) is 16.0. The third kappa shape index (κ3) is 7.76. The van der Waals surface area contributed by atoms with Crippen LogP contribution in [0, 0.1) is 20.7 Å². The first-order valence-electron chi connectivity index (χ1n) is 23.2. The number of hydrogen-bond donors (Lipinski definition) is 1. The number of benzene rings is 7. The molecule has 0 atom stereocenters. The van der Waals surface area contributed by atoms with Crippen molar-refractivity contribution in [1.29, 1.82) is 0 Å². The van der Waals surface area contributed by atoms with Crippen LogP contribution in [0.5, 0.6) is 5.75 Å². The quantitative estimate of drug-likeness (QED) is 0.174. The third-order valence-electron chi connectivity index (χ3n) is 12.2. The summed E-state index contributed by atoms with van der Waals surface area (Å²) in [5, 5.41) is 12.5. The van der Waals surface area contributed by atoms with E-state index in [-0.39, 0.29) is 16.7 Å². The average molecular weight is 825 g/mol. The van der Waals surface area contributed by atoms with Crippen LogP contribution in [0.4, 0.5) is 0 Å². The lowest BCUT2D eigenvalue weighted by Gasteiger charge is -2.27. The number of pyridine rings is 1. The Balaban J connectivity index is 1.38. The van der Waals surface area contributed by atoms with E-state index in [9.17, 15) is 5.11 Å². The molecular weight excluding hydrogens is 767 g/mol. The number of aromatic hydroxyl groups is 1. The Morgan fingerprint density at radius 3 is 1.84 bits per heavy atom. The van der Waals surface area contributed by atoms with Crippen LogP contribution >= 0.6 is 0 Å². The topological polar surface area (TPSA) is 50.9 Å². The van der Waals surface area contributed by atoms with Crippen molar-refractivity contribution < 1.29 is 9.22 Å². The normalized spacial score (nSPS) is 12.9. The van der Waals surface area contributed by atoms with Gasteiger partial charge in [-0.1, -0.05) is 162 Å². The number of aryl methyl sites for hydroxylation is 2. The minimum atomic E-state index is -2.33. The molecule has 0 saturated heterocycles. The maximum atomic E-state index is 12.5. The predicted octanol–water partition coefficient (Wildman–Crippen LogP) is 15.6. The largest absolute Gasteiger partial charge is 0.507 e. The van der Waals surface area contributed by atoms with Crippen molar-refractivity contribution in [2.45, 2.75) is 73.1 Å². The summed E-state index contributed by atoms with van der Waals surface area (Å²) in [6.45, 7) is 14.8. The van der Waals surface area contributed by atoms with E-state index in [1.54, 1.807) is 12.1 Å². The number of aromatic nitrogens is 3. The summed E-state index contributed by atoms with van der Waals surface area (Å²) in [6.07, 6.45) is 1.97. The van der Waals surface area contributed by atoms with Crippen molar-refractivity contribution in [1.82, 2.24) is 14.5 Å². The van der Waals surface area contributed by atoms with E-state index in [1.165, 1.54) is 5.56 Å². The Bertz CT molecular complexity index is 3270. The molecule has 9 aromatic rings. The van der Waals surface area contributed by atoms with Crippen molar-refractivity contribution in [2.75, 3.05) is 0 Å². The molecule has 0 spiro atoms. The second-order valence-corrected chi connectivity index (χ2v) is 18.8. The predicted molar refractivity (Wildman–Crippen MR) is 265 cm³/mol. The van der Waals surface area contributed by atoms with E-state index in [0.717, 1.165) is 89.2 Å². The molecule has 0 unspecified atom stereocenters. The zero-order valence-corrected chi connectivity index (χ0v) is 37.4. The van der Waals surface area contributed by atoms with Gasteiger partial charge in [0.25, 0.3) is 0 Å². The Hall–Kier alpha value is -7.04. The number of para-hydroxylation sites is 1. The number of phenolic OH excluding ortho intramolecular Hbond substituents is 1. The van der Waals surface area contributed by atoms with Gasteiger partial charge in [-0.2, -0.15) is 0 Å². The van der Waals surface area contributed by atoms with Gasteiger partial charge in [-0.25, -0.2) is 4.98 Å². The van der Waals surface area contributed by atoms with E-state index < -0.39 is 12.3 Å². The van der Waals surface area contributed by atoms with Crippen LogP contribution in [0.1, 0.15) is 73.5 Å². The van der Waals surface area contributed by atoms with Gasteiger partial charge < -0.3 is 5.11 Å². The molecular formula is C59H55N3O. The molecule has 63 heavy (non-hydrogen) atoms. The van der Waals surface area contributed by atoms with E-state index in [1.807, 2.05) is 54.7 Å². The second-order valence-electron chi connectivity index (χ2n) is 18.8. The van der Waals surface area contributed by atoms with E-state index in [0.29, 0.717) is 11.4 Å². The van der Waals surface area contributed by atoms with Crippen molar-refractivity contribution in [3.8, 4) is 78.6 Å². The highest BCUT2D eigenvalue weighted by Crippen LogP contribution is 2.46. The molecule has 0 saturated carbocycles. The lowest BCUT2D eigenvalue weighted by atomic mass is 9.79. The number of nitrogens with zero attached hydrogens (tertiary/aromatic N) is 3. The lowest BCUT2D eigenvalue weighted by molar-refractivity contribution is 0.446. The first-order valence-corrected chi connectivity index (χ1v) is 21.7. The highest BCUT2D eigenvalue weighted by molar-refractivity contribution is 5.99. The molecule has 2 heterocycles. The molecule has 9 rings (SSSR count). The van der Waals surface area contributed by atoms with Gasteiger partial charge in [-0.15, -0.1) is 0 Å². The number of fused-ring (bicyclic) bond motifs is 1. The van der Waals surface area contributed by atoms with Crippen LogP contribution in [0.2, 0.25) is 0 Å². The van der Waals surface area contributed by atoms with Crippen LogP contribution in [-0.4, -0.2) is 19.6 Å². The highest BCUT2D eigenvalue weighted by Gasteiger charge is 2.29. The van der Waals surface area contributed by atoms with Gasteiger partial charge in [0, 0.05) is 32.6 Å². The van der Waals surface area contributed by atoms with Crippen LogP contribution in [0.15, 0.2) is 164 Å². The summed E-state index contributed by atoms with van der Waals surface area (Å²) in [5.74, 6) is 0.714. The third-order valence-corrected chi connectivity index (χ3v) is 12.2. The maximum Gasteiger partial charge on any atom is 0.149 e. The zero-order chi connectivity index (χ0) is 46.7. The van der Waals surface area contributed by atoms with Gasteiger partial charge in [0.15, 0.2) is 0 Å². The summed E-state index contributed by atoms with van der Waals surface area (Å²) >= 11 is 0. The molecule has 0 fully saturated rings. The first kappa shape index (κ1) is 37.7. The Kier molecular flexibility index (Phi) is 9.58. The van der Waals surface area contributed by atoms with Crippen LogP contribution in [-0.2, 0) is 10.8 Å². The minimum Gasteiger partial charge on any atom is -0.507 e. The summed E-state index contributed by atoms with van der Waals surface area (Å²) in [4.78, 5) is 10.7. The minimum absolute atomic E-state index is 0.164. The summed E-state index contributed by atoms with van der Waals surface area (Å²) in [5.41, 5.74) is 16.4. The van der Waals surface area contributed by atoms with E-state index >= 15 is 0 Å². The van der Waals surface area contributed by atoms with Gasteiger partial charge in [-0.05, 0) is 124 Å². The molecule has 7 aromatic carbocycles. The van der Waals surface area contributed by atoms with E-state index in [4.69, 9.17) is 14.1 Å². The molecule has 4 heteroatoms. The molecule has 312 valence electrons. The SMILES string of the molecule is [2H]C([2H])([2H])c1ccc(-n2c(-c3cc(C(C)(C)C)cc(C(C)(C)C)c3O)nc3c(-c4cc(-c5ccccc5)cc(-c5ncc(C)c(-c6ccccc6)c5C)c4)cccc32)c(-c2ccccc2)c1. The van der Waals surface area contributed by atoms with Gasteiger partial charge in [-0.3, -0.25) is 9.55 Å². The smallest absolute Gasteiger partial charge is 0.149 e. The maximum absolute atomic E-state index is 12.5. The van der Waals surface area contributed by atoms with Gasteiger partial charge in [0.2, 0.25) is 0 Å². The number of imidazole rings is 1. The van der Waals surface area contributed by atoms with Gasteiger partial charge in [0.1, 0.15) is 11.6 Å². The molecule has 0 amide bonds. The Morgan fingerprint density at radius 2 is 1.19 bits per heavy atom. The average Bonchev–Trinajstić information content (AvgIpc) is 3.68. The molecule has 1 N–H and O–H groups in total. The summed E-state index contributed by atoms with van der Waals surface area (Å²) < 4.78 is 27.4. The highest BCUT2D eigenvalue weighted by atomic mass is 16.3. The lowest BCUT2D eigenvalue weighted by Crippen LogP contribution is -2.17. The molecule has 2 aromatic heterocycles. The van der Waals surface area contributed by atoms with Crippen molar-refractivity contribution in [3.63, 3.8) is 0 Å². The molecule has 0 radical (unpaired) electrons. The summed E-state index contributed by atoms with van der Waals surface area (Å²) in [6, 6.07) is 53.3. The van der Waals surface area contributed by atoms with Crippen molar-refractivity contribution >= 4 is 11.0 Å². The number of phenols is 1. The molecule has 0 aliphatic carbocycles. The Labute approximate surface area is 376 Å². The van der Waals surface area contributed by atoms with Crippen molar-refractivity contribution in [3.05, 3.63) is 192 Å². The van der Waals surface area contributed by atoms with Gasteiger partial charge in [0.05, 0.1) is 28.0 Å². The van der Waals surface area contributed by atoms with Crippen molar-refractivity contribution in [2.24, 2.45) is 0 Å². The fraction of sp³-hybridized carbons (Fsp3) is 0.186. The molecule has 4 nitrogen and oxygen atoms in total. The fourth-order valence-electron chi connectivity index (χ4n) is 8.94. The standard InChI is InChI=1S/C59H55N3O/c1-37-28-29-51(48(30-37)41-22-15-11-16-23-41)62-52-27-19-26-47(55(52)61-57(62)49-34-46(58(4,5)6)35-50(56(49)63)59(7,8)9)44-31-43(40-20-13-10-14-21-40)32-45(33-44)54-39(3)53(38(2)36-60-54)42-24-17-12-18-25-42/h10-36,63H,1-9H3/i1D3. The Morgan fingerprint density at radius 1 is 0.556 bits per heavy atom. The summed E-state index contributed by atoms with van der Waals surface area (Å²) in [7, 11) is 0. The number of rotatable bonds is 7. The number of hydrogen-bond acceptors (Lipinski definition) is 3. The zero-order valence-electron chi connectivity index (χ0n) is 40.4. The molecule has 0 bridgehead atoms. The molecule has 0 aliphatic rings. The molecule has 0 aliphatic heterocycles. The van der Waals surface area contributed by atoms with Crippen LogP contribution < -0.4 is 0 Å².